The largest absolute Gasteiger partial charge is 0.477 e. The highest BCUT2D eigenvalue weighted by Gasteiger charge is 2.21. The number of thioether (sulfide) groups is 1. The number of rotatable bonds is 6. The predicted molar refractivity (Wildman–Crippen MR) is 143 cm³/mol. The summed E-state index contributed by atoms with van der Waals surface area (Å²) in [6, 6.07) is 35.4. The van der Waals surface area contributed by atoms with Crippen LogP contribution in [0.25, 0.3) is 10.8 Å². The molecule has 1 aliphatic rings. The molecule has 0 saturated heterocycles. The predicted octanol–water partition coefficient (Wildman–Crippen LogP) is 7.91. The Balaban J connectivity index is 1.47. The van der Waals surface area contributed by atoms with Gasteiger partial charge in [0.05, 0.1) is 5.69 Å². The minimum absolute atomic E-state index is 0.187. The smallest absolute Gasteiger partial charge is 0.346 e. The molecule has 0 spiro atoms. The number of hydrogen-bond donors (Lipinski definition) is 1. The lowest BCUT2D eigenvalue weighted by molar-refractivity contribution is -0.132. The second-order valence-corrected chi connectivity index (χ2v) is 9.46. The molecule has 0 radical (unpaired) electrons. The first-order valence-corrected chi connectivity index (χ1v) is 12.2. The number of hydrogen-bond acceptors (Lipinski definition) is 4. The molecule has 0 saturated carbocycles. The number of carboxylic acids is 1. The Morgan fingerprint density at radius 1 is 0.914 bits per heavy atom. The molecule has 5 rings (SSSR count). The van der Waals surface area contributed by atoms with Crippen LogP contribution >= 0.6 is 11.8 Å². The van der Waals surface area contributed by atoms with E-state index in [1.807, 2.05) is 24.3 Å². The van der Waals surface area contributed by atoms with Crippen molar-refractivity contribution in [3.8, 4) is 6.07 Å². The number of aliphatic carboxylic acids is 1. The van der Waals surface area contributed by atoms with E-state index in [9.17, 15) is 4.79 Å². The molecule has 35 heavy (non-hydrogen) atoms. The first-order valence-electron chi connectivity index (χ1n) is 11.3. The second kappa shape index (κ2) is 9.92. The lowest BCUT2D eigenvalue weighted by Crippen LogP contribution is -2.10. The topological polar surface area (TPSA) is 64.3 Å². The standard InChI is InChI=1S/C30H22N2O2S/c31-20-23(30(33)34)19-26-17-18-29(35-26)22-13-15-25(16-14-22)32(24-9-2-1-3-10-24)28-12-6-8-21-7-4-5-11-27(21)28/h1-17,19,29H,18H2,(H,33,34)/b23-19+. The normalized spacial score (nSPS) is 15.5. The van der Waals surface area contributed by atoms with Gasteiger partial charge < -0.3 is 10.0 Å². The van der Waals surface area contributed by atoms with Gasteiger partial charge in [-0.25, -0.2) is 4.79 Å². The minimum atomic E-state index is -1.20. The van der Waals surface area contributed by atoms with Crippen LogP contribution in [0.3, 0.4) is 0 Å². The van der Waals surface area contributed by atoms with Crippen molar-refractivity contribution in [2.24, 2.45) is 0 Å². The molecule has 1 N–H and O–H groups in total. The lowest BCUT2D eigenvalue weighted by Gasteiger charge is -2.27. The fraction of sp³-hybridized carbons (Fsp3) is 0.0667. The molecule has 1 atom stereocenters. The molecule has 0 amide bonds. The van der Waals surface area contributed by atoms with Crippen LogP contribution in [0.2, 0.25) is 0 Å². The van der Waals surface area contributed by atoms with Crippen LogP contribution in [0.15, 0.2) is 120 Å². The van der Waals surface area contributed by atoms with E-state index in [1.165, 1.54) is 16.8 Å². The Kier molecular flexibility index (Phi) is 6.38. The van der Waals surface area contributed by atoms with E-state index in [4.69, 9.17) is 10.4 Å². The lowest BCUT2D eigenvalue weighted by atomic mass is 10.0. The molecule has 1 unspecified atom stereocenters. The summed E-state index contributed by atoms with van der Waals surface area (Å²) >= 11 is 1.59. The molecule has 170 valence electrons. The van der Waals surface area contributed by atoms with E-state index >= 15 is 0 Å². The summed E-state index contributed by atoms with van der Waals surface area (Å²) in [6.45, 7) is 0. The van der Waals surface area contributed by atoms with Crippen LogP contribution in [-0.4, -0.2) is 11.1 Å². The number of nitrogens with zero attached hydrogens (tertiary/aromatic N) is 2. The van der Waals surface area contributed by atoms with Crippen molar-refractivity contribution in [3.05, 3.63) is 125 Å². The summed E-state index contributed by atoms with van der Waals surface area (Å²) in [4.78, 5) is 14.2. The zero-order chi connectivity index (χ0) is 24.2. The maximum absolute atomic E-state index is 11.2. The van der Waals surface area contributed by atoms with Gasteiger partial charge in [0.15, 0.2) is 0 Å². The van der Waals surface area contributed by atoms with Crippen LogP contribution in [0.4, 0.5) is 17.1 Å². The van der Waals surface area contributed by atoms with E-state index in [1.54, 1.807) is 17.8 Å². The van der Waals surface area contributed by atoms with Gasteiger partial charge in [0.2, 0.25) is 0 Å². The summed E-state index contributed by atoms with van der Waals surface area (Å²) < 4.78 is 0. The highest BCUT2D eigenvalue weighted by molar-refractivity contribution is 8.03. The Morgan fingerprint density at radius 2 is 1.60 bits per heavy atom. The number of carbonyl (C=O) groups is 1. The number of nitriles is 1. The van der Waals surface area contributed by atoms with Crippen molar-refractivity contribution in [2.45, 2.75) is 11.7 Å². The van der Waals surface area contributed by atoms with Crippen LogP contribution in [0, 0.1) is 11.3 Å². The molecule has 0 fully saturated rings. The Labute approximate surface area is 208 Å². The van der Waals surface area contributed by atoms with E-state index in [0.717, 1.165) is 34.0 Å². The molecule has 4 nitrogen and oxygen atoms in total. The molecule has 5 heteroatoms. The molecule has 4 aromatic rings. The van der Waals surface area contributed by atoms with Crippen molar-refractivity contribution < 1.29 is 9.90 Å². The first-order chi connectivity index (χ1) is 17.1. The van der Waals surface area contributed by atoms with Gasteiger partial charge in [-0.05, 0) is 53.8 Å². The van der Waals surface area contributed by atoms with Crippen LogP contribution in [0.5, 0.6) is 0 Å². The quantitative estimate of drug-likeness (QED) is 0.227. The third kappa shape index (κ3) is 4.70. The number of para-hydroxylation sites is 1. The van der Waals surface area contributed by atoms with Crippen molar-refractivity contribution in [1.29, 1.82) is 5.26 Å². The molecule has 0 bridgehead atoms. The number of benzene rings is 4. The molecule has 0 aliphatic carbocycles. The molecule has 1 heterocycles. The Hall–Kier alpha value is -4.27. The minimum Gasteiger partial charge on any atom is -0.477 e. The van der Waals surface area contributed by atoms with Crippen LogP contribution < -0.4 is 4.90 Å². The maximum atomic E-state index is 11.2. The van der Waals surface area contributed by atoms with Gasteiger partial charge >= 0.3 is 5.97 Å². The van der Waals surface area contributed by atoms with Gasteiger partial charge in [0.1, 0.15) is 11.6 Å². The zero-order valence-electron chi connectivity index (χ0n) is 18.8. The third-order valence-electron chi connectivity index (χ3n) is 5.99. The average molecular weight is 475 g/mol. The third-order valence-corrected chi connectivity index (χ3v) is 7.30. The van der Waals surface area contributed by atoms with Gasteiger partial charge in [0.25, 0.3) is 0 Å². The number of allylic oxidation sites excluding steroid dienone is 2. The highest BCUT2D eigenvalue weighted by atomic mass is 32.2. The van der Waals surface area contributed by atoms with E-state index in [2.05, 4.69) is 83.8 Å². The SMILES string of the molecule is N#C/C(=C\C1=CCC(c2ccc(N(c3ccccc3)c3cccc4ccccc34)cc2)S1)C(=O)O. The maximum Gasteiger partial charge on any atom is 0.346 e. The van der Waals surface area contributed by atoms with Gasteiger partial charge in [0, 0.05) is 26.9 Å². The highest BCUT2D eigenvalue weighted by Crippen LogP contribution is 2.45. The van der Waals surface area contributed by atoms with Gasteiger partial charge in [-0.1, -0.05) is 72.8 Å². The average Bonchev–Trinajstić information content (AvgIpc) is 3.37. The Morgan fingerprint density at radius 3 is 2.34 bits per heavy atom. The van der Waals surface area contributed by atoms with Crippen LogP contribution in [0.1, 0.15) is 17.2 Å². The molecule has 1 aliphatic heterocycles. The van der Waals surface area contributed by atoms with Crippen LogP contribution in [-0.2, 0) is 4.79 Å². The fourth-order valence-electron chi connectivity index (χ4n) is 4.31. The molecule has 0 aromatic heterocycles. The fourth-order valence-corrected chi connectivity index (χ4v) is 5.50. The summed E-state index contributed by atoms with van der Waals surface area (Å²) in [7, 11) is 0. The molecule has 4 aromatic carbocycles. The number of anilines is 3. The van der Waals surface area contributed by atoms with Crippen molar-refractivity contribution >= 4 is 45.6 Å². The first kappa shape index (κ1) is 22.5. The van der Waals surface area contributed by atoms with Crippen molar-refractivity contribution in [1.82, 2.24) is 0 Å². The van der Waals surface area contributed by atoms with Gasteiger partial charge in [-0.3, -0.25) is 0 Å². The molecular formula is C30H22N2O2S. The number of fused-ring (bicyclic) bond motifs is 1. The van der Waals surface area contributed by atoms with E-state index in [0.29, 0.717) is 0 Å². The Bertz CT molecular complexity index is 1480. The molecular weight excluding hydrogens is 452 g/mol. The van der Waals surface area contributed by atoms with Crippen molar-refractivity contribution in [2.75, 3.05) is 4.90 Å². The summed E-state index contributed by atoms with van der Waals surface area (Å²) in [5.41, 5.74) is 4.18. The van der Waals surface area contributed by atoms with E-state index < -0.39 is 5.97 Å². The van der Waals surface area contributed by atoms with Crippen molar-refractivity contribution in [3.63, 3.8) is 0 Å². The second-order valence-electron chi connectivity index (χ2n) is 8.18. The zero-order valence-corrected chi connectivity index (χ0v) is 19.7. The number of carboxylic acid groups (broad SMARTS) is 1. The monoisotopic (exact) mass is 474 g/mol. The van der Waals surface area contributed by atoms with Gasteiger partial charge in [-0.2, -0.15) is 5.26 Å². The summed E-state index contributed by atoms with van der Waals surface area (Å²) in [5.74, 6) is -1.20. The van der Waals surface area contributed by atoms with Gasteiger partial charge in [-0.15, -0.1) is 11.8 Å². The summed E-state index contributed by atoms with van der Waals surface area (Å²) in [5, 5.41) is 20.7. The van der Waals surface area contributed by atoms with E-state index in [-0.39, 0.29) is 10.8 Å². The summed E-state index contributed by atoms with van der Waals surface area (Å²) in [6.07, 6.45) is 4.24.